The minimum atomic E-state index is -0.392. The van der Waals surface area contributed by atoms with Gasteiger partial charge in [0.25, 0.3) is 5.91 Å². The molecule has 0 aliphatic carbocycles. The lowest BCUT2D eigenvalue weighted by Gasteiger charge is -2.09. The number of nitrogens with one attached hydrogen (secondary N) is 1. The quantitative estimate of drug-likeness (QED) is 0.571. The van der Waals surface area contributed by atoms with Gasteiger partial charge in [-0.15, -0.1) is 0 Å². The number of hydrogen-bond donors (Lipinski definition) is 2. The Morgan fingerprint density at radius 3 is 2.69 bits per heavy atom. The van der Waals surface area contributed by atoms with Gasteiger partial charge in [-0.05, 0) is 50.1 Å². The van der Waals surface area contributed by atoms with Gasteiger partial charge in [0.15, 0.2) is 18.1 Å². The van der Waals surface area contributed by atoms with Crippen LogP contribution < -0.4 is 14.9 Å². The fourth-order valence-electron chi connectivity index (χ4n) is 2.25. The second-order valence-electron chi connectivity index (χ2n) is 5.63. The lowest BCUT2D eigenvalue weighted by molar-refractivity contribution is -0.123. The Kier molecular flexibility index (Phi) is 6.86. The molecule has 2 N–H and O–H groups in total. The van der Waals surface area contributed by atoms with Crippen LogP contribution in [-0.2, 0) is 4.79 Å². The van der Waals surface area contributed by atoms with E-state index in [1.54, 1.807) is 13.0 Å². The highest BCUT2D eigenvalue weighted by Gasteiger charge is 2.09. The lowest BCUT2D eigenvalue weighted by atomic mass is 10.1. The highest BCUT2D eigenvalue weighted by molar-refractivity contribution is 6.32. The molecule has 0 saturated carbocycles. The van der Waals surface area contributed by atoms with Gasteiger partial charge in [-0.2, -0.15) is 5.10 Å². The first kappa shape index (κ1) is 19.6. The maximum atomic E-state index is 11.8. The molecule has 1 amide bonds. The highest BCUT2D eigenvalue weighted by atomic mass is 35.5. The van der Waals surface area contributed by atoms with Crippen LogP contribution in [-0.4, -0.2) is 30.4 Å². The first-order valence-electron chi connectivity index (χ1n) is 8.08. The summed E-state index contributed by atoms with van der Waals surface area (Å²) in [5.74, 6) is 0.389. The number of carbonyl (C=O) groups is 1. The summed E-state index contributed by atoms with van der Waals surface area (Å²) < 4.78 is 10.8. The van der Waals surface area contributed by atoms with E-state index in [4.69, 9.17) is 21.1 Å². The number of benzene rings is 2. The third kappa shape index (κ3) is 5.39. The van der Waals surface area contributed by atoms with E-state index >= 15 is 0 Å². The van der Waals surface area contributed by atoms with Crippen LogP contribution in [0.25, 0.3) is 0 Å². The van der Waals surface area contributed by atoms with Crippen LogP contribution >= 0.6 is 11.6 Å². The molecule has 0 aliphatic heterocycles. The van der Waals surface area contributed by atoms with Gasteiger partial charge in [-0.25, -0.2) is 5.43 Å². The van der Waals surface area contributed by atoms with E-state index < -0.39 is 5.91 Å². The summed E-state index contributed by atoms with van der Waals surface area (Å²) in [4.78, 5) is 11.8. The Labute approximate surface area is 157 Å². The first-order valence-corrected chi connectivity index (χ1v) is 8.45. The van der Waals surface area contributed by atoms with Crippen LogP contribution in [0.15, 0.2) is 35.4 Å². The summed E-state index contributed by atoms with van der Waals surface area (Å²) in [6.45, 7) is 5.94. The van der Waals surface area contributed by atoms with Crippen molar-refractivity contribution in [2.75, 3.05) is 13.2 Å². The Hall–Kier alpha value is -2.73. The van der Waals surface area contributed by atoms with Crippen molar-refractivity contribution in [1.82, 2.24) is 5.43 Å². The molecule has 2 rings (SSSR count). The molecule has 0 heterocycles. The Morgan fingerprint density at radius 2 is 2.00 bits per heavy atom. The van der Waals surface area contributed by atoms with E-state index in [-0.39, 0.29) is 23.1 Å². The van der Waals surface area contributed by atoms with E-state index in [0.717, 1.165) is 11.1 Å². The number of amides is 1. The number of halogens is 1. The third-order valence-corrected chi connectivity index (χ3v) is 3.73. The summed E-state index contributed by atoms with van der Waals surface area (Å²) in [7, 11) is 0. The zero-order valence-electron chi connectivity index (χ0n) is 14.9. The molecule has 0 aromatic heterocycles. The molecule has 0 radical (unpaired) electrons. The number of phenols is 1. The van der Waals surface area contributed by atoms with E-state index in [9.17, 15) is 9.90 Å². The summed E-state index contributed by atoms with van der Waals surface area (Å²) in [6, 6.07) is 8.82. The molecule has 0 atom stereocenters. The summed E-state index contributed by atoms with van der Waals surface area (Å²) in [6.07, 6.45) is 1.41. The molecule has 0 unspecified atom stereocenters. The third-order valence-electron chi connectivity index (χ3n) is 3.44. The fraction of sp³-hybridized carbons (Fsp3) is 0.263. The van der Waals surface area contributed by atoms with Gasteiger partial charge in [0.2, 0.25) is 0 Å². The summed E-state index contributed by atoms with van der Waals surface area (Å²) in [5.41, 5.74) is 5.04. The SMILES string of the molecule is CCOc1cc(C=NNC(=O)COc2ccc(C)cc2C)cc(Cl)c1O. The maximum Gasteiger partial charge on any atom is 0.277 e. The Morgan fingerprint density at radius 1 is 1.23 bits per heavy atom. The van der Waals surface area contributed by atoms with E-state index in [2.05, 4.69) is 10.5 Å². The van der Waals surface area contributed by atoms with Crippen molar-refractivity contribution >= 4 is 23.7 Å². The van der Waals surface area contributed by atoms with Gasteiger partial charge in [-0.3, -0.25) is 4.79 Å². The smallest absolute Gasteiger partial charge is 0.277 e. The molecule has 6 nitrogen and oxygen atoms in total. The summed E-state index contributed by atoms with van der Waals surface area (Å²) in [5, 5.41) is 13.8. The number of carbonyl (C=O) groups excluding carboxylic acids is 1. The van der Waals surface area contributed by atoms with E-state index in [0.29, 0.717) is 17.9 Å². The van der Waals surface area contributed by atoms with Crippen molar-refractivity contribution in [3.63, 3.8) is 0 Å². The van der Waals surface area contributed by atoms with Gasteiger partial charge < -0.3 is 14.6 Å². The van der Waals surface area contributed by atoms with E-state index in [1.165, 1.54) is 12.3 Å². The molecule has 0 spiro atoms. The Bertz CT molecular complexity index is 821. The average molecular weight is 377 g/mol. The zero-order chi connectivity index (χ0) is 19.1. The molecular weight excluding hydrogens is 356 g/mol. The van der Waals surface area contributed by atoms with Crippen LogP contribution in [0.3, 0.4) is 0 Å². The minimum absolute atomic E-state index is 0.128. The molecule has 0 fully saturated rings. The molecule has 0 bridgehead atoms. The van der Waals surface area contributed by atoms with Crippen LogP contribution in [0.5, 0.6) is 17.2 Å². The van der Waals surface area contributed by atoms with E-state index in [1.807, 2.05) is 32.0 Å². The maximum absolute atomic E-state index is 11.8. The normalized spacial score (nSPS) is 10.8. The topological polar surface area (TPSA) is 80.2 Å². The highest BCUT2D eigenvalue weighted by Crippen LogP contribution is 2.34. The van der Waals surface area contributed by atoms with Crippen molar-refractivity contribution < 1.29 is 19.4 Å². The Balaban J connectivity index is 1.92. The van der Waals surface area contributed by atoms with Crippen molar-refractivity contribution in [3.8, 4) is 17.2 Å². The first-order chi connectivity index (χ1) is 12.4. The van der Waals surface area contributed by atoms with Crippen LogP contribution in [0, 0.1) is 13.8 Å². The fourth-order valence-corrected chi connectivity index (χ4v) is 2.47. The number of aromatic hydroxyl groups is 1. The van der Waals surface area contributed by atoms with Crippen LogP contribution in [0.4, 0.5) is 0 Å². The second-order valence-corrected chi connectivity index (χ2v) is 6.04. The average Bonchev–Trinajstić information content (AvgIpc) is 2.58. The van der Waals surface area contributed by atoms with Gasteiger partial charge in [-0.1, -0.05) is 29.3 Å². The molecule has 2 aromatic carbocycles. The molecule has 7 heteroatoms. The van der Waals surface area contributed by atoms with Gasteiger partial charge >= 0.3 is 0 Å². The minimum Gasteiger partial charge on any atom is -0.503 e. The van der Waals surface area contributed by atoms with Crippen LogP contribution in [0.2, 0.25) is 5.02 Å². The monoisotopic (exact) mass is 376 g/mol. The van der Waals surface area contributed by atoms with Crippen molar-refractivity contribution in [2.24, 2.45) is 5.10 Å². The number of ether oxygens (including phenoxy) is 2. The molecular formula is C19H21ClN2O4. The van der Waals surface area contributed by atoms with Crippen molar-refractivity contribution in [2.45, 2.75) is 20.8 Å². The number of rotatable bonds is 7. The summed E-state index contributed by atoms with van der Waals surface area (Å²) >= 11 is 5.94. The number of hydrazone groups is 1. The molecule has 138 valence electrons. The zero-order valence-corrected chi connectivity index (χ0v) is 15.6. The molecule has 0 saturated heterocycles. The van der Waals surface area contributed by atoms with Gasteiger partial charge in [0.05, 0.1) is 17.8 Å². The lowest BCUT2D eigenvalue weighted by Crippen LogP contribution is -2.24. The number of nitrogens with zero attached hydrogens (tertiary/aromatic N) is 1. The number of aryl methyl sites for hydroxylation is 2. The molecule has 0 aliphatic rings. The van der Waals surface area contributed by atoms with Crippen LogP contribution in [0.1, 0.15) is 23.6 Å². The predicted molar refractivity (Wildman–Crippen MR) is 101 cm³/mol. The predicted octanol–water partition coefficient (Wildman–Crippen LogP) is 3.59. The van der Waals surface area contributed by atoms with Gasteiger partial charge in [0.1, 0.15) is 5.75 Å². The van der Waals surface area contributed by atoms with Crippen molar-refractivity contribution in [1.29, 1.82) is 0 Å². The molecule has 2 aromatic rings. The van der Waals surface area contributed by atoms with Gasteiger partial charge in [0, 0.05) is 0 Å². The standard InChI is InChI=1S/C19H21ClN2O4/c1-4-25-17-9-14(8-15(20)19(17)24)10-21-22-18(23)11-26-16-6-5-12(2)7-13(16)3/h5-10,24H,4,11H2,1-3H3,(H,22,23). The molecule has 26 heavy (non-hydrogen) atoms. The largest absolute Gasteiger partial charge is 0.503 e. The van der Waals surface area contributed by atoms with Crippen molar-refractivity contribution in [3.05, 3.63) is 52.0 Å². The number of hydrogen-bond acceptors (Lipinski definition) is 5. The number of phenolic OH excluding ortho intramolecular Hbond substituents is 1. The second kappa shape index (κ2) is 9.10.